The Balaban J connectivity index is 1.61. The van der Waals surface area contributed by atoms with Gasteiger partial charge in [0.25, 0.3) is 5.72 Å². The van der Waals surface area contributed by atoms with Gasteiger partial charge in [-0.25, -0.2) is 4.98 Å². The number of aromatic nitrogens is 1. The van der Waals surface area contributed by atoms with E-state index in [1.807, 2.05) is 12.1 Å². The smallest absolute Gasteiger partial charge is 0.362 e. The maximum Gasteiger partial charge on any atom is 0.439 e. The van der Waals surface area contributed by atoms with Crippen LogP contribution in [-0.2, 0) is 6.42 Å². The van der Waals surface area contributed by atoms with Crippen LogP contribution >= 0.6 is 22.9 Å². The number of thiazole rings is 1. The van der Waals surface area contributed by atoms with Gasteiger partial charge in [0, 0.05) is 21.5 Å². The second-order valence-corrected chi connectivity index (χ2v) is 8.56. The molecule has 4 nitrogen and oxygen atoms in total. The molecule has 2 heterocycles. The van der Waals surface area contributed by atoms with Crippen molar-refractivity contribution < 1.29 is 18.3 Å². The number of alkyl halides is 3. The van der Waals surface area contributed by atoms with Crippen molar-refractivity contribution in [3.8, 4) is 11.3 Å². The van der Waals surface area contributed by atoms with Gasteiger partial charge in [0.1, 0.15) is 0 Å². The lowest BCUT2D eigenvalue weighted by atomic mass is 9.77. The van der Waals surface area contributed by atoms with Crippen molar-refractivity contribution in [1.82, 2.24) is 4.98 Å². The Hall–Kier alpha value is -2.42. The molecule has 0 saturated carbocycles. The van der Waals surface area contributed by atoms with Gasteiger partial charge in [0.15, 0.2) is 0 Å². The van der Waals surface area contributed by atoms with Gasteiger partial charge in [-0.2, -0.15) is 23.3 Å². The Kier molecular flexibility index (Phi) is 4.43. The van der Waals surface area contributed by atoms with Crippen LogP contribution in [0.3, 0.4) is 0 Å². The molecule has 0 bridgehead atoms. The normalized spacial score (nSPS) is 23.2. The van der Waals surface area contributed by atoms with Crippen LogP contribution in [0.25, 0.3) is 11.3 Å². The van der Waals surface area contributed by atoms with E-state index in [4.69, 9.17) is 11.6 Å². The molecular weight excluding hydrogens is 435 g/mol. The number of hydrazone groups is 1. The predicted octanol–water partition coefficient (Wildman–Crippen LogP) is 5.50. The molecule has 30 heavy (non-hydrogen) atoms. The van der Waals surface area contributed by atoms with Gasteiger partial charge in [0.2, 0.25) is 5.13 Å². The summed E-state index contributed by atoms with van der Waals surface area (Å²) in [6, 6.07) is 14.1. The molecule has 9 heteroatoms. The summed E-state index contributed by atoms with van der Waals surface area (Å²) in [5.41, 5.74) is -0.114. The Morgan fingerprint density at radius 1 is 1.13 bits per heavy atom. The third-order valence-corrected chi connectivity index (χ3v) is 6.64. The highest BCUT2D eigenvalue weighted by atomic mass is 35.5. The number of nitrogens with zero attached hydrogens (tertiary/aromatic N) is 3. The van der Waals surface area contributed by atoms with Crippen LogP contribution in [0.15, 0.2) is 59.0 Å². The van der Waals surface area contributed by atoms with Crippen LogP contribution < -0.4 is 5.01 Å². The van der Waals surface area contributed by atoms with Crippen molar-refractivity contribution in [3.63, 3.8) is 0 Å². The van der Waals surface area contributed by atoms with Crippen molar-refractivity contribution in [2.75, 3.05) is 5.01 Å². The Labute approximate surface area is 179 Å². The summed E-state index contributed by atoms with van der Waals surface area (Å²) in [6.45, 7) is 0. The average Bonchev–Trinajstić information content (AvgIpc) is 3.32. The highest BCUT2D eigenvalue weighted by molar-refractivity contribution is 7.14. The molecule has 0 spiro atoms. The summed E-state index contributed by atoms with van der Waals surface area (Å²) in [5.74, 6) is -1.18. The van der Waals surface area contributed by atoms with Crippen LogP contribution in [0.2, 0.25) is 5.02 Å². The molecule has 1 aliphatic carbocycles. The SMILES string of the molecule is O[C@]1(C(F)(F)F)[C@@H]2CCc3ccccc3C2=NN1c1nc(-c2ccc(Cl)cc2)cs1. The topological polar surface area (TPSA) is 48.7 Å². The number of fused-ring (bicyclic) bond motifs is 3. The molecule has 3 aromatic rings. The molecule has 1 aliphatic heterocycles. The molecule has 0 unspecified atom stereocenters. The zero-order valence-corrected chi connectivity index (χ0v) is 17.0. The number of aliphatic hydroxyl groups is 1. The highest BCUT2D eigenvalue weighted by Crippen LogP contribution is 2.51. The molecule has 2 aliphatic rings. The molecule has 5 rings (SSSR count). The van der Waals surface area contributed by atoms with Crippen LogP contribution in [0.1, 0.15) is 17.5 Å². The molecule has 0 radical (unpaired) electrons. The first-order chi connectivity index (χ1) is 14.3. The monoisotopic (exact) mass is 449 g/mol. The first-order valence-electron chi connectivity index (χ1n) is 9.26. The number of rotatable bonds is 2. The van der Waals surface area contributed by atoms with E-state index in [0.29, 0.717) is 33.3 Å². The van der Waals surface area contributed by atoms with Crippen molar-refractivity contribution >= 4 is 33.8 Å². The van der Waals surface area contributed by atoms with Gasteiger partial charge in [0.05, 0.1) is 17.3 Å². The fourth-order valence-corrected chi connectivity index (χ4v) is 5.04. The summed E-state index contributed by atoms with van der Waals surface area (Å²) in [6.07, 6.45) is -4.32. The van der Waals surface area contributed by atoms with E-state index in [0.717, 1.165) is 16.9 Å². The minimum Gasteiger partial charge on any atom is -0.362 e. The van der Waals surface area contributed by atoms with Crippen LogP contribution in [0.5, 0.6) is 0 Å². The van der Waals surface area contributed by atoms with Crippen molar-refractivity contribution in [1.29, 1.82) is 0 Å². The van der Waals surface area contributed by atoms with Gasteiger partial charge in [-0.05, 0) is 30.5 Å². The molecule has 1 aromatic heterocycles. The van der Waals surface area contributed by atoms with E-state index >= 15 is 0 Å². The van der Waals surface area contributed by atoms with Gasteiger partial charge >= 0.3 is 6.18 Å². The maximum atomic E-state index is 14.2. The van der Waals surface area contributed by atoms with E-state index in [1.54, 1.807) is 41.8 Å². The molecule has 2 atom stereocenters. The fourth-order valence-electron chi connectivity index (χ4n) is 4.08. The second kappa shape index (κ2) is 6.80. The van der Waals surface area contributed by atoms with Crippen LogP contribution in [0.4, 0.5) is 18.3 Å². The van der Waals surface area contributed by atoms with E-state index in [2.05, 4.69) is 10.1 Å². The van der Waals surface area contributed by atoms with Gasteiger partial charge in [-0.1, -0.05) is 48.0 Å². The van der Waals surface area contributed by atoms with Crippen LogP contribution in [-0.4, -0.2) is 27.7 Å². The third kappa shape index (κ3) is 2.85. The first-order valence-corrected chi connectivity index (χ1v) is 10.5. The summed E-state index contributed by atoms with van der Waals surface area (Å²) < 4.78 is 42.6. The number of halogens is 4. The Morgan fingerprint density at radius 3 is 2.60 bits per heavy atom. The molecule has 0 fully saturated rings. The van der Waals surface area contributed by atoms with Gasteiger partial charge < -0.3 is 5.11 Å². The van der Waals surface area contributed by atoms with E-state index in [9.17, 15) is 18.3 Å². The predicted molar refractivity (Wildman–Crippen MR) is 111 cm³/mol. The van der Waals surface area contributed by atoms with E-state index < -0.39 is 17.8 Å². The lowest BCUT2D eigenvalue weighted by Gasteiger charge is -2.38. The average molecular weight is 450 g/mol. The zero-order valence-electron chi connectivity index (χ0n) is 15.4. The Morgan fingerprint density at radius 2 is 1.87 bits per heavy atom. The summed E-state index contributed by atoms with van der Waals surface area (Å²) in [5, 5.41) is 18.1. The standard InChI is InChI=1S/C21H15ClF3N3OS/c22-14-8-5-13(6-9-14)17-11-30-19(26-17)28-20(29,21(23,24)25)16-10-7-12-3-1-2-4-15(12)18(16)27-28/h1-6,8-9,11,16,29H,7,10H2/t16-,20+/m1/s1. The molecule has 154 valence electrons. The minimum absolute atomic E-state index is 0.0147. The molecule has 1 N–H and O–H groups in total. The lowest BCUT2D eigenvalue weighted by molar-refractivity contribution is -0.268. The third-order valence-electron chi connectivity index (χ3n) is 5.57. The van der Waals surface area contributed by atoms with Crippen molar-refractivity contribution in [2.45, 2.75) is 24.7 Å². The number of benzene rings is 2. The van der Waals surface area contributed by atoms with Crippen molar-refractivity contribution in [2.24, 2.45) is 11.0 Å². The first kappa shape index (κ1) is 19.5. The lowest BCUT2D eigenvalue weighted by Crippen LogP contribution is -2.60. The number of aryl methyl sites for hydroxylation is 1. The zero-order chi connectivity index (χ0) is 21.1. The number of hydrogen-bond donors (Lipinski definition) is 1. The minimum atomic E-state index is -4.92. The molecule has 0 saturated heterocycles. The second-order valence-electron chi connectivity index (χ2n) is 7.29. The molecular formula is C21H15ClF3N3OS. The highest BCUT2D eigenvalue weighted by Gasteiger charge is 2.68. The fraction of sp³-hybridized carbons (Fsp3) is 0.238. The number of anilines is 1. The summed E-state index contributed by atoms with van der Waals surface area (Å²) in [7, 11) is 0. The van der Waals surface area contributed by atoms with E-state index in [-0.39, 0.29) is 17.3 Å². The van der Waals surface area contributed by atoms with Crippen molar-refractivity contribution in [3.05, 3.63) is 70.1 Å². The van der Waals surface area contributed by atoms with Gasteiger partial charge in [-0.15, -0.1) is 11.3 Å². The van der Waals surface area contributed by atoms with Crippen LogP contribution in [0, 0.1) is 5.92 Å². The van der Waals surface area contributed by atoms with E-state index in [1.165, 1.54) is 0 Å². The summed E-state index contributed by atoms with van der Waals surface area (Å²) in [4.78, 5) is 4.35. The largest absolute Gasteiger partial charge is 0.439 e. The Bertz CT molecular complexity index is 1140. The molecule has 2 aromatic carbocycles. The maximum absolute atomic E-state index is 14.2. The number of hydrogen-bond acceptors (Lipinski definition) is 5. The quantitative estimate of drug-likeness (QED) is 0.562. The molecule has 0 amide bonds. The van der Waals surface area contributed by atoms with Gasteiger partial charge in [-0.3, -0.25) is 0 Å². The summed E-state index contributed by atoms with van der Waals surface area (Å²) >= 11 is 6.91.